The Hall–Kier alpha value is -2.30. The summed E-state index contributed by atoms with van der Waals surface area (Å²) >= 11 is 0. The van der Waals surface area contributed by atoms with Crippen LogP contribution in [0.5, 0.6) is 0 Å². The zero-order valence-corrected chi connectivity index (χ0v) is 41.7. The Kier molecular flexibility index (Phi) is 45.5. The number of carboxylic acids is 1. The average molecular weight is 926 g/mol. The number of rotatable bonds is 49. The van der Waals surface area contributed by atoms with Crippen molar-refractivity contribution < 1.29 is 47.8 Å². The van der Waals surface area contributed by atoms with E-state index in [-0.39, 0.29) is 12.8 Å². The van der Waals surface area contributed by atoms with Crippen molar-refractivity contribution in [3.05, 3.63) is 36.5 Å². The van der Waals surface area contributed by atoms with Crippen LogP contribution in [0.15, 0.2) is 36.5 Å². The summed E-state index contributed by atoms with van der Waals surface area (Å²) in [5.74, 6) is -2.37. The molecular weight excluding hydrogens is 830 g/mol. The summed E-state index contributed by atoms with van der Waals surface area (Å²) in [7, 11) is -4.76. The Bertz CT molecular complexity index is 1220. The number of nitrogens with one attached hydrogen (secondary N) is 1. The third-order valence-corrected chi connectivity index (χ3v) is 12.4. The van der Waals surface area contributed by atoms with E-state index in [0.717, 1.165) is 57.8 Å². The van der Waals surface area contributed by atoms with Crippen molar-refractivity contribution in [3.63, 3.8) is 0 Å². The molecule has 374 valence electrons. The molecule has 0 heterocycles. The lowest BCUT2D eigenvalue weighted by atomic mass is 10.0. The Morgan fingerprint density at radius 1 is 0.500 bits per heavy atom. The van der Waals surface area contributed by atoms with Crippen molar-refractivity contribution in [2.45, 2.75) is 257 Å². The molecule has 0 spiro atoms. The maximum atomic E-state index is 12.3. The highest BCUT2D eigenvalue weighted by molar-refractivity contribution is 7.47. The van der Waals surface area contributed by atoms with Crippen LogP contribution < -0.4 is 5.32 Å². The number of esters is 1. The van der Waals surface area contributed by atoms with Crippen molar-refractivity contribution in [2.75, 3.05) is 19.8 Å². The fourth-order valence-corrected chi connectivity index (χ4v) is 8.11. The summed E-state index contributed by atoms with van der Waals surface area (Å²) < 4.78 is 27.0. The molecule has 0 bridgehead atoms. The summed E-state index contributed by atoms with van der Waals surface area (Å²) in [6.07, 6.45) is 53.1. The minimum absolute atomic E-state index is 0.137. The summed E-state index contributed by atoms with van der Waals surface area (Å²) in [4.78, 5) is 46.1. The van der Waals surface area contributed by atoms with Gasteiger partial charge in [-0.25, -0.2) is 9.36 Å². The van der Waals surface area contributed by atoms with E-state index in [9.17, 15) is 34.1 Å². The predicted octanol–water partition coefficient (Wildman–Crippen LogP) is 14.3. The topological polar surface area (TPSA) is 169 Å². The SMILES string of the molecule is CCCCC/C=C\C/C=C\CCCCCCCCCC(=O)NC(COP(=O)(O)OCC(O)COC(=O)CCCCCCCCCCCCCCC/C=C/CCCCCCCC)C(=O)O. The Labute approximate surface area is 391 Å². The first-order chi connectivity index (χ1) is 31.1. The van der Waals surface area contributed by atoms with Gasteiger partial charge in [-0.2, -0.15) is 0 Å². The van der Waals surface area contributed by atoms with E-state index >= 15 is 0 Å². The third-order valence-electron chi connectivity index (χ3n) is 11.4. The van der Waals surface area contributed by atoms with Crippen molar-refractivity contribution >= 4 is 25.7 Å². The number of ether oxygens (including phenoxy) is 1. The number of aliphatic hydroxyl groups is 1. The first kappa shape index (κ1) is 61.7. The number of hydrogen-bond donors (Lipinski definition) is 4. The number of carbonyl (C=O) groups excluding carboxylic acids is 2. The van der Waals surface area contributed by atoms with Crippen LogP contribution in [0, 0.1) is 0 Å². The zero-order valence-electron chi connectivity index (χ0n) is 40.8. The van der Waals surface area contributed by atoms with Crippen LogP contribution in [0.25, 0.3) is 0 Å². The predicted molar refractivity (Wildman–Crippen MR) is 263 cm³/mol. The minimum atomic E-state index is -4.76. The van der Waals surface area contributed by atoms with Gasteiger partial charge in [0.2, 0.25) is 5.91 Å². The number of aliphatic carboxylic acids is 1. The van der Waals surface area contributed by atoms with E-state index < -0.39 is 57.6 Å². The Morgan fingerprint density at radius 2 is 0.859 bits per heavy atom. The molecule has 0 saturated heterocycles. The lowest BCUT2D eigenvalue weighted by Gasteiger charge is -2.18. The molecule has 0 aliphatic heterocycles. The van der Waals surface area contributed by atoms with Gasteiger partial charge >= 0.3 is 19.8 Å². The van der Waals surface area contributed by atoms with E-state index in [2.05, 4.69) is 55.6 Å². The summed E-state index contributed by atoms with van der Waals surface area (Å²) in [5.41, 5.74) is 0. The van der Waals surface area contributed by atoms with Gasteiger partial charge in [-0.1, -0.05) is 198 Å². The molecule has 0 radical (unpaired) electrons. The summed E-state index contributed by atoms with van der Waals surface area (Å²) in [6, 6.07) is -1.55. The van der Waals surface area contributed by atoms with Gasteiger partial charge < -0.3 is 25.2 Å². The molecule has 3 unspecified atom stereocenters. The number of phosphoric acid groups is 1. The van der Waals surface area contributed by atoms with Crippen LogP contribution >= 0.6 is 7.82 Å². The normalized spacial score (nSPS) is 13.8. The molecule has 11 nitrogen and oxygen atoms in total. The molecule has 64 heavy (non-hydrogen) atoms. The molecule has 3 atom stereocenters. The molecule has 0 aromatic carbocycles. The van der Waals surface area contributed by atoms with Gasteiger partial charge in [0.1, 0.15) is 12.7 Å². The fraction of sp³-hybridized carbons (Fsp3) is 0.827. The summed E-state index contributed by atoms with van der Waals surface area (Å²) in [5, 5.41) is 21.9. The number of allylic oxidation sites excluding steroid dienone is 6. The first-order valence-electron chi connectivity index (χ1n) is 26.0. The third kappa shape index (κ3) is 46.2. The van der Waals surface area contributed by atoms with Crippen molar-refractivity contribution in [2.24, 2.45) is 0 Å². The highest BCUT2D eigenvalue weighted by Crippen LogP contribution is 2.43. The smallest absolute Gasteiger partial charge is 0.472 e. The number of phosphoric ester groups is 1. The number of unbranched alkanes of at least 4 members (excludes halogenated alkanes) is 29. The quantitative estimate of drug-likeness (QED) is 0.0199. The molecule has 0 aromatic heterocycles. The number of amides is 1. The molecule has 0 aromatic rings. The van der Waals surface area contributed by atoms with Crippen LogP contribution in [0.4, 0.5) is 0 Å². The second-order valence-corrected chi connectivity index (χ2v) is 19.2. The molecule has 0 saturated carbocycles. The largest absolute Gasteiger partial charge is 0.480 e. The van der Waals surface area contributed by atoms with Gasteiger partial charge in [0.25, 0.3) is 0 Å². The molecule has 12 heteroatoms. The van der Waals surface area contributed by atoms with Gasteiger partial charge in [0, 0.05) is 12.8 Å². The van der Waals surface area contributed by atoms with Gasteiger partial charge in [-0.3, -0.25) is 18.6 Å². The number of carbonyl (C=O) groups is 3. The van der Waals surface area contributed by atoms with Crippen LogP contribution in [0.1, 0.15) is 245 Å². The molecule has 0 fully saturated rings. The Morgan fingerprint density at radius 3 is 1.31 bits per heavy atom. The van der Waals surface area contributed by atoms with Crippen LogP contribution in [0.3, 0.4) is 0 Å². The standard InChI is InChI=1S/C52H96NO10P/c1-3-5-7-9-11-13-15-17-19-21-22-23-24-25-26-28-30-32-34-36-38-40-42-44-51(56)61-45-48(54)46-62-64(59,60)63-47-49(52(57)58)53-50(55)43-41-39-37-35-33-31-29-27-20-18-16-14-12-10-8-6-4-2/h12,14,17-20,48-49,54H,3-11,13,15-16,21-47H2,1-2H3,(H,53,55)(H,57,58)(H,59,60)/b14-12-,19-17+,20-18-. The highest BCUT2D eigenvalue weighted by atomic mass is 31.2. The number of hydrogen-bond acceptors (Lipinski definition) is 8. The van der Waals surface area contributed by atoms with Crippen LogP contribution in [-0.2, 0) is 32.7 Å². The van der Waals surface area contributed by atoms with Crippen molar-refractivity contribution in [1.82, 2.24) is 5.32 Å². The lowest BCUT2D eigenvalue weighted by Crippen LogP contribution is -2.43. The van der Waals surface area contributed by atoms with E-state index in [1.165, 1.54) is 148 Å². The summed E-state index contributed by atoms with van der Waals surface area (Å²) in [6.45, 7) is 2.59. The lowest BCUT2D eigenvalue weighted by molar-refractivity contribution is -0.147. The number of carboxylic acid groups (broad SMARTS) is 1. The Balaban J connectivity index is 3.79. The fourth-order valence-electron chi connectivity index (χ4n) is 7.34. The maximum Gasteiger partial charge on any atom is 0.472 e. The average Bonchev–Trinajstić information content (AvgIpc) is 3.27. The minimum Gasteiger partial charge on any atom is -0.480 e. The second kappa shape index (κ2) is 47.2. The molecular formula is C52H96NO10P. The van der Waals surface area contributed by atoms with E-state index in [1.54, 1.807) is 0 Å². The molecule has 1 amide bonds. The molecule has 0 rings (SSSR count). The highest BCUT2D eigenvalue weighted by Gasteiger charge is 2.28. The van der Waals surface area contributed by atoms with Gasteiger partial charge in [-0.15, -0.1) is 0 Å². The van der Waals surface area contributed by atoms with Gasteiger partial charge in [0.15, 0.2) is 6.04 Å². The monoisotopic (exact) mass is 926 g/mol. The van der Waals surface area contributed by atoms with E-state index in [4.69, 9.17) is 13.8 Å². The zero-order chi connectivity index (χ0) is 47.0. The maximum absolute atomic E-state index is 12.3. The second-order valence-electron chi connectivity index (χ2n) is 17.7. The van der Waals surface area contributed by atoms with Crippen LogP contribution in [0.2, 0.25) is 0 Å². The van der Waals surface area contributed by atoms with Crippen molar-refractivity contribution in [1.29, 1.82) is 0 Å². The van der Waals surface area contributed by atoms with Gasteiger partial charge in [-0.05, 0) is 70.6 Å². The molecule has 0 aliphatic carbocycles. The van der Waals surface area contributed by atoms with Crippen molar-refractivity contribution in [3.8, 4) is 0 Å². The molecule has 0 aliphatic rings. The van der Waals surface area contributed by atoms with Gasteiger partial charge in [0.05, 0.1) is 13.2 Å². The van der Waals surface area contributed by atoms with E-state index in [1.807, 2.05) is 0 Å². The first-order valence-corrected chi connectivity index (χ1v) is 27.5. The number of aliphatic hydroxyl groups excluding tert-OH is 1. The van der Waals surface area contributed by atoms with Crippen LogP contribution in [-0.4, -0.2) is 64.9 Å². The molecule has 4 N–H and O–H groups in total. The van der Waals surface area contributed by atoms with E-state index in [0.29, 0.717) is 12.8 Å².